The molecule has 2 aliphatic heterocycles. The van der Waals surface area contributed by atoms with Crippen molar-refractivity contribution in [3.63, 3.8) is 0 Å². The summed E-state index contributed by atoms with van der Waals surface area (Å²) in [7, 11) is 2.94. The highest BCUT2D eigenvalue weighted by Crippen LogP contribution is 2.42. The van der Waals surface area contributed by atoms with Gasteiger partial charge in [0, 0.05) is 63.9 Å². The molecule has 2 aliphatic rings. The number of nitrogens with one attached hydrogen (secondary N) is 3. The first kappa shape index (κ1) is 40.1. The number of aryl methyl sites for hydroxylation is 2. The maximum absolute atomic E-state index is 13.3. The zero-order valence-electron chi connectivity index (χ0n) is 32.6. The minimum absolute atomic E-state index is 0.0850. The number of aliphatic imine (C=N–C) groups is 1. The van der Waals surface area contributed by atoms with Crippen molar-refractivity contribution in [1.29, 1.82) is 0 Å². The number of rotatable bonds is 15. The third-order valence-corrected chi connectivity index (χ3v) is 11.3. The highest BCUT2D eigenvalue weighted by molar-refractivity contribution is 7.15. The molecule has 17 heteroatoms. The number of aromatic nitrogens is 3. The number of methoxy groups -OCH3 is 2. The van der Waals surface area contributed by atoms with E-state index < -0.39 is 6.04 Å². The smallest absolute Gasteiger partial charge is 0.257 e. The first-order chi connectivity index (χ1) is 28.1. The number of carbonyl (C=O) groups excluding carboxylic acids is 3. The molecular weight excluding hydrogens is 782 g/mol. The Bertz CT molecular complexity index is 2420. The molecule has 2 aromatic heterocycles. The van der Waals surface area contributed by atoms with E-state index in [1.165, 1.54) is 19.1 Å². The Morgan fingerprint density at radius 3 is 2.38 bits per heavy atom. The lowest BCUT2D eigenvalue weighted by molar-refractivity contribution is -0.123. The fraction of sp³-hybridized carbons (Fsp3) is 0.317. The van der Waals surface area contributed by atoms with E-state index in [1.807, 2.05) is 35.8 Å². The highest BCUT2D eigenvalue weighted by Gasteiger charge is 2.32. The Kier molecular flexibility index (Phi) is 12.1. The minimum Gasteiger partial charge on any atom is -0.493 e. The van der Waals surface area contributed by atoms with Crippen molar-refractivity contribution in [1.82, 2.24) is 30.7 Å². The average molecular weight is 824 g/mol. The Morgan fingerprint density at radius 2 is 1.67 bits per heavy atom. The molecule has 5 aromatic rings. The molecule has 0 fully saturated rings. The number of hydrogen-bond acceptors (Lipinski definition) is 12. The van der Waals surface area contributed by atoms with E-state index >= 15 is 0 Å². The molecule has 0 saturated heterocycles. The first-order valence-electron chi connectivity index (χ1n) is 18.7. The predicted octanol–water partition coefficient (Wildman–Crippen LogP) is 6.96. The third-order valence-electron chi connectivity index (χ3n) is 9.87. The topological polar surface area (TPSA) is 183 Å². The van der Waals surface area contributed by atoms with Crippen molar-refractivity contribution in [3.8, 4) is 22.2 Å². The summed E-state index contributed by atoms with van der Waals surface area (Å²) < 4.78 is 18.9. The van der Waals surface area contributed by atoms with Gasteiger partial charge < -0.3 is 30.2 Å². The molecule has 0 saturated carbocycles. The van der Waals surface area contributed by atoms with Gasteiger partial charge in [-0.05, 0) is 63.4 Å². The maximum Gasteiger partial charge on any atom is 0.257 e. The summed E-state index contributed by atoms with van der Waals surface area (Å²) >= 11 is 7.88. The van der Waals surface area contributed by atoms with Crippen molar-refractivity contribution in [3.05, 3.63) is 104 Å². The second-order valence-electron chi connectivity index (χ2n) is 13.7. The number of hydrogen-bond donors (Lipinski definition) is 3. The molecule has 4 heterocycles. The van der Waals surface area contributed by atoms with Crippen LogP contribution in [-0.4, -0.2) is 72.1 Å². The second-order valence-corrected chi connectivity index (χ2v) is 15.3. The number of halogens is 1. The van der Waals surface area contributed by atoms with Gasteiger partial charge in [0.15, 0.2) is 23.9 Å². The number of fused-ring (bicyclic) bond motifs is 4. The van der Waals surface area contributed by atoms with E-state index in [0.717, 1.165) is 38.8 Å². The fourth-order valence-corrected chi connectivity index (χ4v) is 8.12. The molecule has 15 nitrogen and oxygen atoms in total. The Labute approximate surface area is 343 Å². The highest BCUT2D eigenvalue weighted by atomic mass is 35.5. The SMILES string of the molecule is COc1cc(/N=N/c2cccc3c2CNC3=O)cc(OC)c1OCC(=O)NCCCCNC(=O)C[C@@H]1N=C(c2ccc(Cl)cc2)c2c(sc(C)c2C)-n2c(C)nnc21. The number of benzene rings is 3. The standard InChI is InChI=1S/C41H42ClN9O6S/c1-22-23(2)58-41-36(22)37(25-11-13-26(42)14-12-25)46-31(39-50-47-24(3)51(39)41)19-34(52)43-15-6-7-16-44-35(53)21-57-38-32(55-4)17-27(18-33(38)56-5)48-49-30-10-8-9-28-29(30)20-45-40(28)54/h8-14,17-18,31H,6-7,15-16,19-21H2,1-5H3,(H,43,52)(H,44,53)(H,45,54)/b49-48+/t31-/m0/s1. The first-order valence-corrected chi connectivity index (χ1v) is 19.9. The quantitative estimate of drug-likeness (QED) is 0.0748. The number of carbonyl (C=O) groups is 3. The molecule has 0 bridgehead atoms. The molecule has 0 aliphatic carbocycles. The van der Waals surface area contributed by atoms with Gasteiger partial charge in [-0.1, -0.05) is 29.8 Å². The minimum atomic E-state index is -0.566. The summed E-state index contributed by atoms with van der Waals surface area (Å²) in [6.45, 7) is 6.98. The van der Waals surface area contributed by atoms with Gasteiger partial charge in [0.25, 0.3) is 11.8 Å². The molecule has 3 aromatic carbocycles. The van der Waals surface area contributed by atoms with Crippen LogP contribution in [0.2, 0.25) is 5.02 Å². The number of amides is 3. The molecule has 7 rings (SSSR count). The lowest BCUT2D eigenvalue weighted by Gasteiger charge is -2.15. The van der Waals surface area contributed by atoms with Gasteiger partial charge in [-0.15, -0.1) is 21.5 Å². The number of thiophene rings is 1. The largest absolute Gasteiger partial charge is 0.493 e. The molecule has 300 valence electrons. The Balaban J connectivity index is 0.905. The van der Waals surface area contributed by atoms with Gasteiger partial charge in [-0.2, -0.15) is 10.2 Å². The monoisotopic (exact) mass is 823 g/mol. The van der Waals surface area contributed by atoms with Crippen molar-refractivity contribution < 1.29 is 28.6 Å². The van der Waals surface area contributed by atoms with E-state index in [4.69, 9.17) is 30.8 Å². The van der Waals surface area contributed by atoms with Crippen molar-refractivity contribution in [2.24, 2.45) is 15.2 Å². The molecular formula is C41H42ClN9O6S. The van der Waals surface area contributed by atoms with Crippen molar-refractivity contribution >= 4 is 57.7 Å². The van der Waals surface area contributed by atoms with Crippen LogP contribution in [0.1, 0.15) is 74.4 Å². The van der Waals surface area contributed by atoms with Crippen LogP contribution < -0.4 is 30.2 Å². The maximum atomic E-state index is 13.3. The molecule has 0 spiro atoms. The number of nitrogens with zero attached hydrogens (tertiary/aromatic N) is 6. The number of azo groups is 1. The zero-order chi connectivity index (χ0) is 40.9. The predicted molar refractivity (Wildman–Crippen MR) is 220 cm³/mol. The van der Waals surface area contributed by atoms with Gasteiger partial charge in [0.1, 0.15) is 16.9 Å². The Hall–Kier alpha value is -6.13. The van der Waals surface area contributed by atoms with E-state index in [2.05, 4.69) is 50.2 Å². The summed E-state index contributed by atoms with van der Waals surface area (Å²) in [5, 5.41) is 27.8. The lowest BCUT2D eigenvalue weighted by Crippen LogP contribution is -2.31. The zero-order valence-corrected chi connectivity index (χ0v) is 34.2. The van der Waals surface area contributed by atoms with Crippen LogP contribution in [-0.2, 0) is 16.1 Å². The number of ether oxygens (including phenoxy) is 3. The van der Waals surface area contributed by atoms with Crippen molar-refractivity contribution in [2.45, 2.75) is 52.6 Å². The summed E-state index contributed by atoms with van der Waals surface area (Å²) in [6.07, 6.45) is 1.35. The molecule has 3 N–H and O–H groups in total. The van der Waals surface area contributed by atoms with Crippen LogP contribution in [0, 0.1) is 20.8 Å². The summed E-state index contributed by atoms with van der Waals surface area (Å²) in [5.41, 5.74) is 6.17. The molecule has 58 heavy (non-hydrogen) atoms. The summed E-state index contributed by atoms with van der Waals surface area (Å²) in [4.78, 5) is 44.4. The average Bonchev–Trinajstić information content (AvgIpc) is 3.86. The second kappa shape index (κ2) is 17.6. The van der Waals surface area contributed by atoms with Gasteiger partial charge in [-0.25, -0.2) is 0 Å². The Morgan fingerprint density at radius 1 is 0.966 bits per heavy atom. The fourth-order valence-electron chi connectivity index (χ4n) is 6.78. The van der Waals surface area contributed by atoms with E-state index in [0.29, 0.717) is 71.8 Å². The molecule has 1 atom stereocenters. The van der Waals surface area contributed by atoms with E-state index in [-0.39, 0.29) is 36.5 Å². The van der Waals surface area contributed by atoms with Crippen LogP contribution >= 0.6 is 22.9 Å². The van der Waals surface area contributed by atoms with Gasteiger partial charge >= 0.3 is 0 Å². The van der Waals surface area contributed by atoms with E-state index in [9.17, 15) is 14.4 Å². The summed E-state index contributed by atoms with van der Waals surface area (Å²) in [6, 6.07) is 15.5. The normalized spacial score (nSPS) is 14.2. The molecule has 3 amide bonds. The number of unbranched alkanes of at least 4 members (excludes halogenated alkanes) is 1. The van der Waals surface area contributed by atoms with Crippen molar-refractivity contribution in [2.75, 3.05) is 33.9 Å². The third kappa shape index (κ3) is 8.43. The molecule has 0 radical (unpaired) electrons. The lowest BCUT2D eigenvalue weighted by atomic mass is 9.99. The van der Waals surface area contributed by atoms with Crippen LogP contribution in [0.15, 0.2) is 69.8 Å². The van der Waals surface area contributed by atoms with Gasteiger partial charge in [0.05, 0.1) is 37.7 Å². The molecule has 0 unspecified atom stereocenters. The van der Waals surface area contributed by atoms with Crippen LogP contribution in [0.5, 0.6) is 17.2 Å². The van der Waals surface area contributed by atoms with Crippen LogP contribution in [0.25, 0.3) is 5.00 Å². The van der Waals surface area contributed by atoms with Gasteiger partial charge in [-0.3, -0.25) is 23.9 Å². The van der Waals surface area contributed by atoms with E-state index in [1.54, 1.807) is 41.7 Å². The van der Waals surface area contributed by atoms with Gasteiger partial charge in [0.2, 0.25) is 11.7 Å². The summed E-state index contributed by atoms with van der Waals surface area (Å²) in [5.74, 6) is 1.55. The van der Waals surface area contributed by atoms with Crippen LogP contribution in [0.3, 0.4) is 0 Å². The van der Waals surface area contributed by atoms with Crippen LogP contribution in [0.4, 0.5) is 11.4 Å².